The fraction of sp³-hybridized carbons (Fsp3) is 0.111. The zero-order valence-corrected chi connectivity index (χ0v) is 16.0. The third-order valence-corrected chi connectivity index (χ3v) is 4.75. The van der Waals surface area contributed by atoms with Crippen LogP contribution in [0.15, 0.2) is 55.1 Å². The van der Waals surface area contributed by atoms with Crippen molar-refractivity contribution in [2.24, 2.45) is 0 Å². The zero-order chi connectivity index (χ0) is 23.0. The number of aromatic nitrogens is 3. The van der Waals surface area contributed by atoms with Crippen molar-refractivity contribution in [2.45, 2.75) is 12.6 Å². The first-order chi connectivity index (χ1) is 15.3. The maximum atomic E-state index is 12.9. The average Bonchev–Trinajstić information content (AvgIpc) is 3.37. The Bertz CT molecular complexity index is 1230. The molecule has 0 aliphatic carbocycles. The van der Waals surface area contributed by atoms with Crippen LogP contribution >= 0.6 is 0 Å². The molecule has 3 aromatic rings. The van der Waals surface area contributed by atoms with Crippen LogP contribution in [0.25, 0.3) is 0 Å². The summed E-state index contributed by atoms with van der Waals surface area (Å²) in [5.41, 5.74) is -1.15. The molecule has 0 radical (unpaired) electrons. The van der Waals surface area contributed by atoms with Crippen molar-refractivity contribution < 1.29 is 24.5 Å². The highest BCUT2D eigenvalue weighted by atomic mass is 16.6. The van der Waals surface area contributed by atoms with Crippen LogP contribution in [-0.4, -0.2) is 46.5 Å². The molecule has 0 bridgehead atoms. The summed E-state index contributed by atoms with van der Waals surface area (Å²) < 4.78 is 1.40. The van der Waals surface area contributed by atoms with Crippen LogP contribution in [0.4, 0.5) is 17.1 Å². The minimum absolute atomic E-state index is 0.0389. The first kappa shape index (κ1) is 20.4. The monoisotopic (exact) mass is 439 g/mol. The van der Waals surface area contributed by atoms with E-state index in [4.69, 9.17) is 0 Å². The number of anilines is 1. The van der Waals surface area contributed by atoms with Crippen LogP contribution in [0.1, 0.15) is 18.2 Å². The second-order valence-electron chi connectivity index (χ2n) is 6.68. The fourth-order valence-corrected chi connectivity index (χ4v) is 3.38. The summed E-state index contributed by atoms with van der Waals surface area (Å²) in [5, 5.41) is 41.6. The van der Waals surface area contributed by atoms with E-state index in [0.29, 0.717) is 5.56 Å². The Labute approximate surface area is 178 Å². The summed E-state index contributed by atoms with van der Waals surface area (Å²) in [6.45, 7) is 0. The number of carbonyl (C=O) groups excluding carboxylic acids is 2. The van der Waals surface area contributed by atoms with Gasteiger partial charge in [-0.25, -0.2) is 10.0 Å². The number of phenols is 1. The molecule has 162 valence electrons. The Morgan fingerprint density at radius 2 is 1.59 bits per heavy atom. The number of non-ortho nitro benzene ring substituents is 1. The van der Waals surface area contributed by atoms with Crippen LogP contribution in [0, 0.1) is 20.2 Å². The lowest BCUT2D eigenvalue weighted by atomic mass is 10.1. The molecule has 0 saturated carbocycles. The van der Waals surface area contributed by atoms with E-state index in [-0.39, 0.29) is 11.4 Å². The maximum Gasteiger partial charge on any atom is 0.301 e. The van der Waals surface area contributed by atoms with E-state index in [1.54, 1.807) is 0 Å². The summed E-state index contributed by atoms with van der Waals surface area (Å²) in [6.07, 6.45) is 0.955. The molecule has 14 heteroatoms. The van der Waals surface area contributed by atoms with Gasteiger partial charge < -0.3 is 5.11 Å². The molecule has 1 aliphatic rings. The predicted octanol–water partition coefficient (Wildman–Crippen LogP) is 1.53. The number of hydrazine groups is 1. The number of hydrogen-bond donors (Lipinski definition) is 1. The van der Waals surface area contributed by atoms with E-state index in [1.807, 2.05) is 0 Å². The highest BCUT2D eigenvalue weighted by molar-refractivity contribution is 6.12. The minimum Gasteiger partial charge on any atom is -0.508 e. The lowest BCUT2D eigenvalue weighted by Gasteiger charge is -2.35. The second kappa shape index (κ2) is 7.75. The number of hydrogen-bond acceptors (Lipinski definition) is 9. The number of nitro groups is 2. The van der Waals surface area contributed by atoms with Crippen molar-refractivity contribution in [2.75, 3.05) is 5.01 Å². The van der Waals surface area contributed by atoms with Crippen LogP contribution in [0.5, 0.6) is 5.75 Å². The summed E-state index contributed by atoms with van der Waals surface area (Å²) in [7, 11) is 0. The van der Waals surface area contributed by atoms with Crippen molar-refractivity contribution in [3.05, 3.63) is 80.9 Å². The van der Waals surface area contributed by atoms with Crippen LogP contribution in [-0.2, 0) is 9.59 Å². The standard InChI is InChI=1S/C18H13N7O7/c26-13-4-1-11(2-5-13)18(21-9-19-20-10-21)23-17(28)8-16(27)22(23)14-6-3-12(24(29)30)7-15(14)25(31)32/h1-7,9-10,18,26H,8H2. The number of carbonyl (C=O) groups is 2. The molecule has 1 N–H and O–H groups in total. The van der Waals surface area contributed by atoms with Gasteiger partial charge in [-0.3, -0.25) is 34.4 Å². The Kier molecular flexibility index (Phi) is 4.94. The topological polar surface area (TPSA) is 178 Å². The first-order valence-electron chi connectivity index (χ1n) is 8.98. The molecule has 14 nitrogen and oxygen atoms in total. The molecule has 1 saturated heterocycles. The third kappa shape index (κ3) is 3.45. The van der Waals surface area contributed by atoms with Gasteiger partial charge in [0, 0.05) is 6.07 Å². The quantitative estimate of drug-likeness (QED) is 0.339. The van der Waals surface area contributed by atoms with Crippen molar-refractivity contribution in [1.29, 1.82) is 0 Å². The molecule has 1 atom stereocenters. The molecule has 32 heavy (non-hydrogen) atoms. The van der Waals surface area contributed by atoms with Gasteiger partial charge in [0.15, 0.2) is 6.17 Å². The lowest BCUT2D eigenvalue weighted by molar-refractivity contribution is -0.393. The van der Waals surface area contributed by atoms with Gasteiger partial charge in [-0.15, -0.1) is 10.2 Å². The molecule has 1 unspecified atom stereocenters. The van der Waals surface area contributed by atoms with Crippen LogP contribution in [0.3, 0.4) is 0 Å². The maximum absolute atomic E-state index is 12.9. The zero-order valence-electron chi connectivity index (χ0n) is 16.0. The van der Waals surface area contributed by atoms with E-state index in [1.165, 1.54) is 41.5 Å². The first-order valence-corrected chi connectivity index (χ1v) is 8.98. The molecule has 1 fully saturated rings. The van der Waals surface area contributed by atoms with Crippen molar-refractivity contribution in [3.63, 3.8) is 0 Å². The van der Waals surface area contributed by atoms with E-state index in [2.05, 4.69) is 10.2 Å². The minimum atomic E-state index is -1.04. The van der Waals surface area contributed by atoms with Crippen LogP contribution in [0.2, 0.25) is 0 Å². The molecular formula is C18H13N7O7. The van der Waals surface area contributed by atoms with Gasteiger partial charge >= 0.3 is 5.69 Å². The predicted molar refractivity (Wildman–Crippen MR) is 105 cm³/mol. The lowest BCUT2D eigenvalue weighted by Crippen LogP contribution is -2.46. The number of benzene rings is 2. The largest absolute Gasteiger partial charge is 0.508 e. The number of phenolic OH excluding ortho intramolecular Hbond substituents is 1. The van der Waals surface area contributed by atoms with Gasteiger partial charge in [-0.05, 0) is 23.8 Å². The second-order valence-corrected chi connectivity index (χ2v) is 6.68. The van der Waals surface area contributed by atoms with Gasteiger partial charge in [0.05, 0.1) is 15.9 Å². The summed E-state index contributed by atoms with van der Waals surface area (Å²) in [5.74, 6) is -1.47. The highest BCUT2D eigenvalue weighted by Gasteiger charge is 2.45. The Hall–Kier alpha value is -4.88. The summed E-state index contributed by atoms with van der Waals surface area (Å²) in [4.78, 5) is 46.7. The normalized spacial score (nSPS) is 14.6. The molecule has 2 heterocycles. The number of nitrogens with zero attached hydrogens (tertiary/aromatic N) is 7. The Morgan fingerprint density at radius 1 is 0.938 bits per heavy atom. The third-order valence-electron chi connectivity index (χ3n) is 4.75. The molecular weight excluding hydrogens is 426 g/mol. The van der Waals surface area contributed by atoms with E-state index in [9.17, 15) is 34.9 Å². The van der Waals surface area contributed by atoms with E-state index >= 15 is 0 Å². The summed E-state index contributed by atoms with van der Waals surface area (Å²) >= 11 is 0. The Morgan fingerprint density at radius 3 is 2.19 bits per heavy atom. The van der Waals surface area contributed by atoms with Crippen molar-refractivity contribution in [1.82, 2.24) is 19.8 Å². The number of amides is 2. The van der Waals surface area contributed by atoms with Crippen molar-refractivity contribution >= 4 is 28.9 Å². The van der Waals surface area contributed by atoms with Crippen LogP contribution < -0.4 is 5.01 Å². The SMILES string of the molecule is O=C1CC(=O)N(C(c2ccc(O)cc2)n2cnnc2)N1c1ccc([N+](=O)[O-])cc1[N+](=O)[O-]. The Balaban J connectivity index is 1.89. The molecule has 2 aromatic carbocycles. The molecule has 1 aromatic heterocycles. The van der Waals surface area contributed by atoms with E-state index in [0.717, 1.165) is 28.2 Å². The van der Waals surface area contributed by atoms with Gasteiger partial charge in [0.1, 0.15) is 30.5 Å². The molecule has 4 rings (SSSR count). The number of aromatic hydroxyl groups is 1. The van der Waals surface area contributed by atoms with Crippen molar-refractivity contribution in [3.8, 4) is 5.75 Å². The number of nitro benzene ring substituents is 2. The molecule has 1 aliphatic heterocycles. The molecule has 0 spiro atoms. The smallest absolute Gasteiger partial charge is 0.301 e. The van der Waals surface area contributed by atoms with E-state index < -0.39 is 45.6 Å². The van der Waals surface area contributed by atoms with Gasteiger partial charge in [0.25, 0.3) is 17.5 Å². The van der Waals surface area contributed by atoms with Gasteiger partial charge in [-0.1, -0.05) is 12.1 Å². The van der Waals surface area contributed by atoms with Gasteiger partial charge in [-0.2, -0.15) is 0 Å². The number of rotatable bonds is 6. The summed E-state index contributed by atoms with van der Waals surface area (Å²) in [6, 6.07) is 8.50. The highest BCUT2D eigenvalue weighted by Crippen LogP contribution is 2.39. The molecule has 2 amide bonds. The fourth-order valence-electron chi connectivity index (χ4n) is 3.38. The average molecular weight is 439 g/mol. The van der Waals surface area contributed by atoms with Gasteiger partial charge in [0.2, 0.25) is 0 Å².